The summed E-state index contributed by atoms with van der Waals surface area (Å²) in [5.74, 6) is 2.32. The van der Waals surface area contributed by atoms with Gasteiger partial charge in [-0.3, -0.25) is 4.98 Å². The average Bonchev–Trinajstić information content (AvgIpc) is 3.47. The molecule has 212 valence electrons. The maximum absolute atomic E-state index is 6.26. The molecule has 1 aliphatic carbocycles. The van der Waals surface area contributed by atoms with Crippen molar-refractivity contribution in [2.45, 2.75) is 19.0 Å². The molecule has 0 bridgehead atoms. The SMILES string of the molecule is Clc1cnc2c3c(oc2c1)CCC=C3C1=NC(c2cccc(-c3ccccc3)c2)=NC(c2ccc(-c3ccccc3)cc2)N1. The quantitative estimate of drug-likeness (QED) is 0.218. The van der Waals surface area contributed by atoms with Crippen LogP contribution in [0.15, 0.2) is 142 Å². The molecule has 1 N–H and O–H groups in total. The zero-order chi connectivity index (χ0) is 29.5. The van der Waals surface area contributed by atoms with Gasteiger partial charge in [0.1, 0.15) is 23.3 Å². The van der Waals surface area contributed by atoms with E-state index in [0.29, 0.717) is 16.4 Å². The zero-order valence-corrected chi connectivity index (χ0v) is 24.5. The van der Waals surface area contributed by atoms with Crippen LogP contribution in [0, 0.1) is 0 Å². The molecule has 2 aliphatic rings. The molecule has 6 aromatic rings. The van der Waals surface area contributed by atoms with Gasteiger partial charge < -0.3 is 9.73 Å². The first-order chi connectivity index (χ1) is 21.7. The van der Waals surface area contributed by atoms with Crippen molar-refractivity contribution < 1.29 is 4.42 Å². The Hall–Kier alpha value is -5.26. The van der Waals surface area contributed by atoms with Gasteiger partial charge in [-0.1, -0.05) is 121 Å². The topological polar surface area (TPSA) is 62.8 Å². The Kier molecular flexibility index (Phi) is 6.65. The molecule has 44 heavy (non-hydrogen) atoms. The van der Waals surface area contributed by atoms with E-state index in [9.17, 15) is 0 Å². The van der Waals surface area contributed by atoms with Gasteiger partial charge in [0.2, 0.25) is 0 Å². The van der Waals surface area contributed by atoms with E-state index in [0.717, 1.165) is 68.9 Å². The molecule has 6 heteroatoms. The molecular weight excluding hydrogens is 564 g/mol. The van der Waals surface area contributed by atoms with Crippen LogP contribution in [-0.4, -0.2) is 16.7 Å². The summed E-state index contributed by atoms with van der Waals surface area (Å²) in [6.45, 7) is 0. The van der Waals surface area contributed by atoms with Crippen LogP contribution in [0.25, 0.3) is 38.9 Å². The molecule has 1 unspecified atom stereocenters. The van der Waals surface area contributed by atoms with Crippen molar-refractivity contribution in [1.82, 2.24) is 10.3 Å². The van der Waals surface area contributed by atoms with Crippen molar-refractivity contribution in [2.75, 3.05) is 0 Å². The number of pyridine rings is 1. The van der Waals surface area contributed by atoms with Gasteiger partial charge in [0.05, 0.1) is 10.6 Å². The number of halogens is 1. The molecule has 0 fully saturated rings. The van der Waals surface area contributed by atoms with Gasteiger partial charge in [0, 0.05) is 29.8 Å². The number of benzene rings is 4. The fraction of sp³-hybridized carbons (Fsp3) is 0.0789. The van der Waals surface area contributed by atoms with E-state index >= 15 is 0 Å². The van der Waals surface area contributed by atoms with Gasteiger partial charge in [0.15, 0.2) is 11.4 Å². The molecule has 0 saturated carbocycles. The maximum Gasteiger partial charge on any atom is 0.159 e. The van der Waals surface area contributed by atoms with Crippen LogP contribution < -0.4 is 5.32 Å². The molecule has 1 atom stereocenters. The van der Waals surface area contributed by atoms with Crippen LogP contribution in [0.2, 0.25) is 5.02 Å². The van der Waals surface area contributed by atoms with Gasteiger partial charge in [-0.15, -0.1) is 0 Å². The van der Waals surface area contributed by atoms with Gasteiger partial charge in [0.25, 0.3) is 0 Å². The Balaban J connectivity index is 1.23. The molecule has 4 aromatic carbocycles. The average molecular weight is 591 g/mol. The molecular formula is C38H27ClN4O. The second-order valence-corrected chi connectivity index (χ2v) is 11.4. The second-order valence-electron chi connectivity index (χ2n) is 11.0. The first-order valence-electron chi connectivity index (χ1n) is 14.7. The molecule has 3 heterocycles. The van der Waals surface area contributed by atoms with Gasteiger partial charge >= 0.3 is 0 Å². The monoisotopic (exact) mass is 590 g/mol. The minimum atomic E-state index is -0.338. The lowest BCUT2D eigenvalue weighted by molar-refractivity contribution is 0.545. The van der Waals surface area contributed by atoms with E-state index in [1.54, 1.807) is 6.20 Å². The largest absolute Gasteiger partial charge is 0.459 e. The summed E-state index contributed by atoms with van der Waals surface area (Å²) in [5.41, 5.74) is 10.0. The second kappa shape index (κ2) is 11.1. The first kappa shape index (κ1) is 26.4. The van der Waals surface area contributed by atoms with E-state index in [2.05, 4.69) is 113 Å². The first-order valence-corrected chi connectivity index (χ1v) is 15.1. The molecule has 0 saturated heterocycles. The Morgan fingerprint density at radius 3 is 2.18 bits per heavy atom. The number of nitrogens with one attached hydrogen (secondary N) is 1. The number of furan rings is 1. The summed E-state index contributed by atoms with van der Waals surface area (Å²) in [4.78, 5) is 15.0. The molecule has 0 radical (unpaired) electrons. The summed E-state index contributed by atoms with van der Waals surface area (Å²) in [5, 5.41) is 4.20. The van der Waals surface area contributed by atoms with Crippen LogP contribution in [-0.2, 0) is 6.42 Å². The van der Waals surface area contributed by atoms with Crippen molar-refractivity contribution in [3.05, 3.63) is 155 Å². The van der Waals surface area contributed by atoms with Crippen molar-refractivity contribution in [3.8, 4) is 22.3 Å². The van der Waals surface area contributed by atoms with E-state index < -0.39 is 0 Å². The zero-order valence-electron chi connectivity index (χ0n) is 23.7. The third-order valence-corrected chi connectivity index (χ3v) is 8.32. The number of rotatable bonds is 5. The van der Waals surface area contributed by atoms with Crippen LogP contribution in [0.4, 0.5) is 0 Å². The van der Waals surface area contributed by atoms with Crippen LogP contribution in [0.3, 0.4) is 0 Å². The highest BCUT2D eigenvalue weighted by molar-refractivity contribution is 6.32. The predicted molar refractivity (Wildman–Crippen MR) is 179 cm³/mol. The minimum Gasteiger partial charge on any atom is -0.459 e. The number of aliphatic imine (C=N–C) groups is 2. The lowest BCUT2D eigenvalue weighted by Crippen LogP contribution is -2.34. The maximum atomic E-state index is 6.26. The van der Waals surface area contributed by atoms with Gasteiger partial charge in [-0.2, -0.15) is 0 Å². The van der Waals surface area contributed by atoms with Gasteiger partial charge in [-0.05, 0) is 40.3 Å². The normalized spacial score (nSPS) is 16.0. The fourth-order valence-corrected chi connectivity index (χ4v) is 6.11. The van der Waals surface area contributed by atoms with E-state index in [1.807, 2.05) is 18.2 Å². The number of aryl methyl sites for hydroxylation is 1. The number of hydrogen-bond donors (Lipinski definition) is 1. The van der Waals surface area contributed by atoms with Gasteiger partial charge in [-0.25, -0.2) is 9.98 Å². The third kappa shape index (κ3) is 4.91. The van der Waals surface area contributed by atoms with E-state index in [4.69, 9.17) is 26.0 Å². The molecule has 0 spiro atoms. The fourth-order valence-electron chi connectivity index (χ4n) is 5.96. The summed E-state index contributed by atoms with van der Waals surface area (Å²) in [7, 11) is 0. The van der Waals surface area contributed by atoms with E-state index in [1.165, 1.54) is 5.56 Å². The highest BCUT2D eigenvalue weighted by Crippen LogP contribution is 2.37. The van der Waals surface area contributed by atoms with Crippen LogP contribution in [0.1, 0.15) is 35.0 Å². The highest BCUT2D eigenvalue weighted by atomic mass is 35.5. The molecule has 1 aliphatic heterocycles. The number of fused-ring (bicyclic) bond motifs is 3. The Morgan fingerprint density at radius 2 is 1.41 bits per heavy atom. The van der Waals surface area contributed by atoms with E-state index in [-0.39, 0.29) is 6.17 Å². The highest BCUT2D eigenvalue weighted by Gasteiger charge is 2.29. The smallest absolute Gasteiger partial charge is 0.159 e. The summed E-state index contributed by atoms with van der Waals surface area (Å²) in [6, 6.07) is 39.6. The lowest BCUT2D eigenvalue weighted by atomic mass is 9.94. The number of allylic oxidation sites excluding steroid dienone is 1. The van der Waals surface area contributed by atoms with Crippen LogP contribution >= 0.6 is 11.6 Å². The Morgan fingerprint density at radius 1 is 0.727 bits per heavy atom. The van der Waals surface area contributed by atoms with Crippen molar-refractivity contribution in [2.24, 2.45) is 9.98 Å². The lowest BCUT2D eigenvalue weighted by Gasteiger charge is -2.26. The van der Waals surface area contributed by atoms with Crippen molar-refractivity contribution in [1.29, 1.82) is 0 Å². The standard InChI is InChI=1S/C38H27ClN4O/c39-30-22-33-35(40-23-30)34-31(15-8-16-32(34)44-33)38-42-36(27-19-17-26(18-20-27)24-9-3-1-4-10-24)41-37(43-38)29-14-7-13-28(21-29)25-11-5-2-6-12-25/h1-7,9-15,17-23,36H,8,16H2,(H,41,42,43). The molecule has 0 amide bonds. The van der Waals surface area contributed by atoms with Crippen LogP contribution in [0.5, 0.6) is 0 Å². The predicted octanol–water partition coefficient (Wildman–Crippen LogP) is 9.29. The number of amidine groups is 2. The molecule has 8 rings (SSSR count). The summed E-state index contributed by atoms with van der Waals surface area (Å²) >= 11 is 6.26. The molecule has 5 nitrogen and oxygen atoms in total. The molecule has 2 aromatic heterocycles. The number of nitrogens with zero attached hydrogens (tertiary/aromatic N) is 3. The van der Waals surface area contributed by atoms with Crippen molar-refractivity contribution in [3.63, 3.8) is 0 Å². The number of hydrogen-bond acceptors (Lipinski definition) is 5. The summed E-state index contributed by atoms with van der Waals surface area (Å²) in [6.07, 6.45) is 5.18. The minimum absolute atomic E-state index is 0.338. The Bertz CT molecular complexity index is 2090. The number of aromatic nitrogens is 1. The third-order valence-electron chi connectivity index (χ3n) is 8.12. The summed E-state index contributed by atoms with van der Waals surface area (Å²) < 4.78 is 6.23. The van der Waals surface area contributed by atoms with Crippen molar-refractivity contribution >= 4 is 39.9 Å². The Labute approximate surface area is 260 Å².